The molecule has 0 unspecified atom stereocenters. The van der Waals surface area contributed by atoms with Crippen molar-refractivity contribution in [2.45, 2.75) is 6.17 Å². The van der Waals surface area contributed by atoms with Gasteiger partial charge in [0.2, 0.25) is 6.17 Å². The molecule has 0 saturated carbocycles. The zero-order chi connectivity index (χ0) is 19.0. The Morgan fingerprint density at radius 1 is 1.26 bits per heavy atom. The van der Waals surface area contributed by atoms with Crippen LogP contribution in [-0.2, 0) is 4.79 Å². The number of carbonyl (C=O) groups is 1. The van der Waals surface area contributed by atoms with Gasteiger partial charge in [0.05, 0.1) is 7.11 Å². The van der Waals surface area contributed by atoms with E-state index in [-0.39, 0.29) is 6.61 Å². The van der Waals surface area contributed by atoms with Gasteiger partial charge in [-0.2, -0.15) is 4.99 Å². The van der Waals surface area contributed by atoms with Gasteiger partial charge in [0.25, 0.3) is 11.9 Å². The van der Waals surface area contributed by atoms with Crippen LogP contribution in [-0.4, -0.2) is 30.6 Å². The molecule has 1 aliphatic rings. The lowest BCUT2D eigenvalue weighted by molar-refractivity contribution is -0.674. The fourth-order valence-electron chi connectivity index (χ4n) is 3.12. The quantitative estimate of drug-likeness (QED) is 0.491. The highest BCUT2D eigenvalue weighted by atomic mass is 16.5. The molecule has 3 aromatic rings. The first-order chi connectivity index (χ1) is 13.1. The van der Waals surface area contributed by atoms with Crippen LogP contribution in [0.25, 0.3) is 11.0 Å². The van der Waals surface area contributed by atoms with Crippen LogP contribution in [0, 0.1) is 0 Å². The van der Waals surface area contributed by atoms with Gasteiger partial charge in [-0.3, -0.25) is 4.79 Å². The zero-order valence-electron chi connectivity index (χ0n) is 14.6. The maximum atomic E-state index is 11.0. The maximum Gasteiger partial charge on any atom is 0.365 e. The molecule has 0 spiro atoms. The monoisotopic (exact) mass is 367 g/mol. The van der Waals surface area contributed by atoms with Crippen LogP contribution in [0.15, 0.2) is 47.5 Å². The number of aromatic amines is 1. The third kappa shape index (κ3) is 2.99. The Labute approximate surface area is 154 Å². The Hall–Kier alpha value is -3.75. The molecule has 9 nitrogen and oxygen atoms in total. The predicted molar refractivity (Wildman–Crippen MR) is 99.6 cm³/mol. The average molecular weight is 367 g/mol. The molecule has 1 aromatic heterocycles. The minimum atomic E-state index is -0.559. The Balaban J connectivity index is 1.79. The van der Waals surface area contributed by atoms with Gasteiger partial charge < -0.3 is 20.9 Å². The van der Waals surface area contributed by atoms with E-state index in [4.69, 9.17) is 20.9 Å². The molecule has 1 amide bonds. The number of hydrogen-bond acceptors (Lipinski definition) is 6. The molecule has 0 fully saturated rings. The number of primary amides is 1. The van der Waals surface area contributed by atoms with Gasteiger partial charge in [0, 0.05) is 5.56 Å². The van der Waals surface area contributed by atoms with Crippen molar-refractivity contribution >= 4 is 28.8 Å². The van der Waals surface area contributed by atoms with Crippen molar-refractivity contribution in [1.82, 2.24) is 4.98 Å². The topological polar surface area (TPSA) is 132 Å². The smallest absolute Gasteiger partial charge is 0.365 e. The zero-order valence-corrected chi connectivity index (χ0v) is 14.6. The molecule has 1 atom stereocenters. The molecular formula is C18H19N6O3+. The van der Waals surface area contributed by atoms with Crippen molar-refractivity contribution in [2.75, 3.05) is 19.0 Å². The second kappa shape index (κ2) is 6.52. The minimum absolute atomic E-state index is 0.227. The van der Waals surface area contributed by atoms with Crippen LogP contribution < -0.4 is 30.8 Å². The van der Waals surface area contributed by atoms with Gasteiger partial charge in [0.15, 0.2) is 18.1 Å². The molecule has 138 valence electrons. The lowest BCUT2D eigenvalue weighted by Gasteiger charge is -2.19. The van der Waals surface area contributed by atoms with Gasteiger partial charge >= 0.3 is 5.95 Å². The first-order valence-corrected chi connectivity index (χ1v) is 8.28. The number of carbonyl (C=O) groups excluding carboxylic acids is 1. The van der Waals surface area contributed by atoms with Crippen molar-refractivity contribution in [3.05, 3.63) is 48.0 Å². The van der Waals surface area contributed by atoms with Gasteiger partial charge in [0.1, 0.15) is 11.0 Å². The van der Waals surface area contributed by atoms with Crippen molar-refractivity contribution < 1.29 is 18.8 Å². The highest BCUT2D eigenvalue weighted by Gasteiger charge is 2.31. The molecule has 0 aliphatic carbocycles. The van der Waals surface area contributed by atoms with E-state index in [0.717, 1.165) is 22.5 Å². The molecule has 1 aliphatic heterocycles. The SMILES string of the molecule is COc1cc([C@H]2N=C(N)Nc3[nH]c4ccccc4[n+]32)ccc1OCC(N)=O. The first-order valence-electron chi connectivity index (χ1n) is 8.28. The molecule has 4 rings (SSSR count). The van der Waals surface area contributed by atoms with E-state index in [1.165, 1.54) is 7.11 Å². The molecule has 6 N–H and O–H groups in total. The summed E-state index contributed by atoms with van der Waals surface area (Å²) in [6, 6.07) is 13.3. The summed E-state index contributed by atoms with van der Waals surface area (Å²) in [5.74, 6) is 1.38. The second-order valence-electron chi connectivity index (χ2n) is 6.04. The standard InChI is InChI=1S/C18H18N6O3/c1-26-14-8-10(6-7-13(14)27-9-15(19)25)16-22-17(20)23-18-21-11-4-2-3-5-12(11)24(16)18/h2-8,16H,9H2,1H3,(H5,19,20,21,22,23,25)/p+1/t16-/m0/s1. The summed E-state index contributed by atoms with van der Waals surface area (Å²) < 4.78 is 12.8. The third-order valence-electron chi connectivity index (χ3n) is 4.27. The number of nitrogens with zero attached hydrogens (tertiary/aromatic N) is 2. The van der Waals surface area contributed by atoms with Crippen molar-refractivity contribution in [3.63, 3.8) is 0 Å². The fourth-order valence-corrected chi connectivity index (χ4v) is 3.12. The number of rotatable bonds is 5. The summed E-state index contributed by atoms with van der Waals surface area (Å²) in [5, 5.41) is 3.05. The highest BCUT2D eigenvalue weighted by molar-refractivity contribution is 5.92. The van der Waals surface area contributed by atoms with Crippen LogP contribution in [0.2, 0.25) is 0 Å². The molecule has 2 aromatic carbocycles. The summed E-state index contributed by atoms with van der Waals surface area (Å²) in [6.07, 6.45) is -0.392. The van der Waals surface area contributed by atoms with E-state index < -0.39 is 12.1 Å². The van der Waals surface area contributed by atoms with Crippen molar-refractivity contribution in [1.29, 1.82) is 0 Å². The summed E-state index contributed by atoms with van der Waals surface area (Å²) in [7, 11) is 1.53. The molecule has 9 heteroatoms. The van der Waals surface area contributed by atoms with Gasteiger partial charge in [-0.25, -0.2) is 14.9 Å². The molecular weight excluding hydrogens is 348 g/mol. The number of benzene rings is 2. The van der Waals surface area contributed by atoms with Crippen molar-refractivity contribution in [2.24, 2.45) is 16.5 Å². The van der Waals surface area contributed by atoms with Gasteiger partial charge in [-0.15, -0.1) is 0 Å². The van der Waals surface area contributed by atoms with E-state index in [1.54, 1.807) is 6.07 Å². The Kier molecular flexibility index (Phi) is 4.03. The van der Waals surface area contributed by atoms with E-state index in [0.29, 0.717) is 17.5 Å². The largest absolute Gasteiger partial charge is 0.493 e. The molecule has 0 saturated heterocycles. The number of ether oxygens (including phenoxy) is 2. The Morgan fingerprint density at radius 2 is 2.07 bits per heavy atom. The molecule has 27 heavy (non-hydrogen) atoms. The number of guanidine groups is 1. The number of fused-ring (bicyclic) bond motifs is 3. The number of amides is 1. The van der Waals surface area contributed by atoms with Crippen LogP contribution in [0.1, 0.15) is 11.7 Å². The summed E-state index contributed by atoms with van der Waals surface area (Å²) in [5.41, 5.74) is 13.9. The van der Waals surface area contributed by atoms with E-state index in [1.807, 2.05) is 41.0 Å². The maximum absolute atomic E-state index is 11.0. The Bertz CT molecular complexity index is 1060. The highest BCUT2D eigenvalue weighted by Crippen LogP contribution is 2.32. The fraction of sp³-hybridized carbons (Fsp3) is 0.167. The minimum Gasteiger partial charge on any atom is -0.493 e. The summed E-state index contributed by atoms with van der Waals surface area (Å²) in [6.45, 7) is -0.227. The number of H-pyrrole nitrogens is 1. The summed E-state index contributed by atoms with van der Waals surface area (Å²) in [4.78, 5) is 18.8. The number of para-hydroxylation sites is 2. The number of nitrogens with one attached hydrogen (secondary N) is 2. The number of anilines is 1. The number of methoxy groups -OCH3 is 1. The number of hydrogen-bond donors (Lipinski definition) is 4. The van der Waals surface area contributed by atoms with Gasteiger partial charge in [-0.1, -0.05) is 12.1 Å². The number of aromatic nitrogens is 2. The number of aliphatic imine (C=N–C) groups is 1. The molecule has 0 radical (unpaired) electrons. The van der Waals surface area contributed by atoms with Crippen LogP contribution in [0.5, 0.6) is 11.5 Å². The normalized spacial score (nSPS) is 15.6. The lowest BCUT2D eigenvalue weighted by atomic mass is 10.1. The number of nitrogens with two attached hydrogens (primary N) is 2. The summed E-state index contributed by atoms with van der Waals surface area (Å²) >= 11 is 0. The van der Waals surface area contributed by atoms with E-state index in [2.05, 4.69) is 15.3 Å². The van der Waals surface area contributed by atoms with E-state index in [9.17, 15) is 4.79 Å². The average Bonchev–Trinajstić information content (AvgIpc) is 3.03. The Morgan fingerprint density at radius 3 is 2.85 bits per heavy atom. The van der Waals surface area contributed by atoms with Crippen molar-refractivity contribution in [3.8, 4) is 11.5 Å². The van der Waals surface area contributed by atoms with Crippen LogP contribution >= 0.6 is 0 Å². The third-order valence-corrected chi connectivity index (χ3v) is 4.27. The van der Waals surface area contributed by atoms with Crippen LogP contribution in [0.3, 0.4) is 0 Å². The van der Waals surface area contributed by atoms with E-state index >= 15 is 0 Å². The van der Waals surface area contributed by atoms with Crippen LogP contribution in [0.4, 0.5) is 5.95 Å². The number of imidazole rings is 1. The molecule has 0 bridgehead atoms. The predicted octanol–water partition coefficient (Wildman–Crippen LogP) is 0.615. The first kappa shape index (κ1) is 16.7. The molecule has 2 heterocycles. The van der Waals surface area contributed by atoms with Gasteiger partial charge in [-0.05, 0) is 30.3 Å². The second-order valence-corrected chi connectivity index (χ2v) is 6.04. The lowest BCUT2D eigenvalue weighted by Crippen LogP contribution is -2.48.